The van der Waals surface area contributed by atoms with Gasteiger partial charge in [0.1, 0.15) is 11.6 Å². The topological polar surface area (TPSA) is 51.5 Å². The van der Waals surface area contributed by atoms with Gasteiger partial charge < -0.3 is 10.1 Å². The number of anilines is 2. The lowest BCUT2D eigenvalue weighted by Gasteiger charge is -2.13. The van der Waals surface area contributed by atoms with E-state index >= 15 is 0 Å². The number of nitrogens with one attached hydrogen (secondary N) is 1. The lowest BCUT2D eigenvalue weighted by Crippen LogP contribution is -2.03. The molecule has 130 valence electrons. The van der Waals surface area contributed by atoms with Crippen LogP contribution in [0.3, 0.4) is 0 Å². The van der Waals surface area contributed by atoms with Gasteiger partial charge in [-0.25, -0.2) is 4.98 Å². The molecule has 0 aliphatic rings. The highest BCUT2D eigenvalue weighted by Crippen LogP contribution is 2.32. The van der Waals surface area contributed by atoms with Crippen LogP contribution in [0.15, 0.2) is 65.3 Å². The SMILES string of the molecule is COc1ccccc1-c1cc(Nc2cccc(Cl)c2)n2ncc(Br)c2n1. The molecule has 0 aliphatic heterocycles. The molecule has 0 unspecified atom stereocenters. The highest BCUT2D eigenvalue weighted by Gasteiger charge is 2.14. The van der Waals surface area contributed by atoms with Gasteiger partial charge in [0.15, 0.2) is 5.65 Å². The van der Waals surface area contributed by atoms with Crippen LogP contribution in [0.4, 0.5) is 11.5 Å². The number of methoxy groups -OCH3 is 1. The normalized spacial score (nSPS) is 10.9. The molecular formula is C19H14BrClN4O. The molecule has 2 aromatic carbocycles. The van der Waals surface area contributed by atoms with E-state index < -0.39 is 0 Å². The zero-order chi connectivity index (χ0) is 18.1. The van der Waals surface area contributed by atoms with Crippen LogP contribution in [-0.2, 0) is 0 Å². The summed E-state index contributed by atoms with van der Waals surface area (Å²) in [5.74, 6) is 1.53. The number of aromatic nitrogens is 3. The average Bonchev–Trinajstić information content (AvgIpc) is 3.03. The van der Waals surface area contributed by atoms with Crippen LogP contribution in [0.1, 0.15) is 0 Å². The fourth-order valence-electron chi connectivity index (χ4n) is 2.73. The standard InChI is InChI=1S/C19H14BrClN4O/c1-26-17-8-3-2-7-14(17)16-10-18(23-13-6-4-5-12(21)9-13)25-19(24-16)15(20)11-22-25/h2-11,23H,1H3. The summed E-state index contributed by atoms with van der Waals surface area (Å²) in [5, 5.41) is 8.42. The van der Waals surface area contributed by atoms with E-state index in [1.807, 2.05) is 54.6 Å². The molecule has 4 aromatic rings. The second-order valence-electron chi connectivity index (χ2n) is 5.59. The van der Waals surface area contributed by atoms with Crippen molar-refractivity contribution in [2.75, 3.05) is 12.4 Å². The number of para-hydroxylation sites is 1. The van der Waals surface area contributed by atoms with Crippen LogP contribution < -0.4 is 10.1 Å². The van der Waals surface area contributed by atoms with Crippen molar-refractivity contribution in [1.82, 2.24) is 14.6 Å². The maximum Gasteiger partial charge on any atom is 0.172 e. The molecule has 0 amide bonds. The molecule has 0 aliphatic carbocycles. The lowest BCUT2D eigenvalue weighted by atomic mass is 10.1. The Kier molecular flexibility index (Phi) is 4.53. The first-order valence-electron chi connectivity index (χ1n) is 7.86. The van der Waals surface area contributed by atoms with E-state index in [4.69, 9.17) is 21.3 Å². The first-order chi connectivity index (χ1) is 12.7. The van der Waals surface area contributed by atoms with Gasteiger partial charge in [-0.05, 0) is 46.3 Å². The predicted octanol–water partition coefficient (Wildman–Crippen LogP) is 5.56. The van der Waals surface area contributed by atoms with Gasteiger partial charge in [-0.1, -0.05) is 29.8 Å². The number of fused-ring (bicyclic) bond motifs is 1. The molecule has 4 rings (SSSR count). The van der Waals surface area contributed by atoms with E-state index in [2.05, 4.69) is 26.3 Å². The number of nitrogens with zero attached hydrogens (tertiary/aromatic N) is 3. The average molecular weight is 430 g/mol. The molecule has 0 spiro atoms. The maximum atomic E-state index is 6.10. The van der Waals surface area contributed by atoms with E-state index in [1.54, 1.807) is 17.8 Å². The van der Waals surface area contributed by atoms with Crippen molar-refractivity contribution in [3.05, 3.63) is 70.3 Å². The number of ether oxygens (including phenoxy) is 1. The van der Waals surface area contributed by atoms with Gasteiger partial charge >= 0.3 is 0 Å². The van der Waals surface area contributed by atoms with E-state index in [-0.39, 0.29) is 0 Å². The molecule has 0 radical (unpaired) electrons. The molecule has 0 atom stereocenters. The Labute approximate surface area is 163 Å². The fraction of sp³-hybridized carbons (Fsp3) is 0.0526. The minimum absolute atomic E-state index is 0.659. The van der Waals surface area contributed by atoms with Crippen molar-refractivity contribution in [3.8, 4) is 17.0 Å². The third-order valence-electron chi connectivity index (χ3n) is 3.91. The quantitative estimate of drug-likeness (QED) is 0.461. The molecule has 5 nitrogen and oxygen atoms in total. The Hall–Kier alpha value is -2.57. The summed E-state index contributed by atoms with van der Waals surface area (Å²) in [5.41, 5.74) is 3.25. The van der Waals surface area contributed by atoms with Crippen molar-refractivity contribution < 1.29 is 4.74 Å². The van der Waals surface area contributed by atoms with E-state index in [9.17, 15) is 0 Å². The monoisotopic (exact) mass is 428 g/mol. The third-order valence-corrected chi connectivity index (χ3v) is 4.70. The molecule has 1 N–H and O–H groups in total. The Balaban J connectivity index is 1.89. The van der Waals surface area contributed by atoms with Crippen LogP contribution in [-0.4, -0.2) is 21.7 Å². The molecular weight excluding hydrogens is 416 g/mol. The fourth-order valence-corrected chi connectivity index (χ4v) is 3.27. The van der Waals surface area contributed by atoms with Crippen LogP contribution >= 0.6 is 27.5 Å². The largest absolute Gasteiger partial charge is 0.496 e. The second-order valence-corrected chi connectivity index (χ2v) is 6.88. The molecule has 7 heteroatoms. The summed E-state index contributed by atoms with van der Waals surface area (Å²) < 4.78 is 8.03. The second kappa shape index (κ2) is 6.97. The van der Waals surface area contributed by atoms with E-state index in [1.165, 1.54) is 0 Å². The molecule has 2 heterocycles. The molecule has 0 saturated heterocycles. The summed E-state index contributed by atoms with van der Waals surface area (Å²) in [6.45, 7) is 0. The number of rotatable bonds is 4. The molecule has 0 bridgehead atoms. The van der Waals surface area contributed by atoms with Crippen LogP contribution in [0, 0.1) is 0 Å². The van der Waals surface area contributed by atoms with Crippen molar-refractivity contribution in [1.29, 1.82) is 0 Å². The van der Waals surface area contributed by atoms with Crippen molar-refractivity contribution in [3.63, 3.8) is 0 Å². The Bertz CT molecular complexity index is 1100. The van der Waals surface area contributed by atoms with Gasteiger partial charge in [0.25, 0.3) is 0 Å². The van der Waals surface area contributed by atoms with Crippen LogP contribution in [0.2, 0.25) is 5.02 Å². The maximum absolute atomic E-state index is 6.10. The zero-order valence-corrected chi connectivity index (χ0v) is 16.1. The number of benzene rings is 2. The molecule has 26 heavy (non-hydrogen) atoms. The Morgan fingerprint density at radius 3 is 2.77 bits per heavy atom. The third kappa shape index (κ3) is 3.13. The first kappa shape index (κ1) is 16.9. The summed E-state index contributed by atoms with van der Waals surface area (Å²) >= 11 is 9.62. The van der Waals surface area contributed by atoms with Gasteiger partial charge in [0.2, 0.25) is 0 Å². The number of halogens is 2. The van der Waals surface area contributed by atoms with Crippen molar-refractivity contribution >= 4 is 44.7 Å². The highest BCUT2D eigenvalue weighted by molar-refractivity contribution is 9.10. The minimum Gasteiger partial charge on any atom is -0.496 e. The summed E-state index contributed by atoms with van der Waals surface area (Å²) in [6.07, 6.45) is 1.72. The van der Waals surface area contributed by atoms with Crippen LogP contribution in [0.25, 0.3) is 16.9 Å². The van der Waals surface area contributed by atoms with E-state index in [0.717, 1.165) is 33.0 Å². The Morgan fingerprint density at radius 2 is 1.96 bits per heavy atom. The highest BCUT2D eigenvalue weighted by atomic mass is 79.9. The van der Waals surface area contributed by atoms with Gasteiger partial charge in [0, 0.05) is 22.3 Å². The smallest absolute Gasteiger partial charge is 0.172 e. The predicted molar refractivity (Wildman–Crippen MR) is 107 cm³/mol. The van der Waals surface area contributed by atoms with Gasteiger partial charge in [0.05, 0.1) is 23.5 Å². The Morgan fingerprint density at radius 1 is 1.12 bits per heavy atom. The molecule has 0 saturated carbocycles. The number of hydrogen-bond acceptors (Lipinski definition) is 4. The van der Waals surface area contributed by atoms with Crippen molar-refractivity contribution in [2.45, 2.75) is 0 Å². The molecule has 0 fully saturated rings. The first-order valence-corrected chi connectivity index (χ1v) is 9.03. The number of hydrogen-bond donors (Lipinski definition) is 1. The minimum atomic E-state index is 0.659. The van der Waals surface area contributed by atoms with E-state index in [0.29, 0.717) is 10.7 Å². The summed E-state index contributed by atoms with van der Waals surface area (Å²) in [4.78, 5) is 4.74. The van der Waals surface area contributed by atoms with Crippen molar-refractivity contribution in [2.24, 2.45) is 0 Å². The summed E-state index contributed by atoms with van der Waals surface area (Å²) in [7, 11) is 1.65. The van der Waals surface area contributed by atoms with Gasteiger partial charge in [-0.2, -0.15) is 9.61 Å². The van der Waals surface area contributed by atoms with Crippen LogP contribution in [0.5, 0.6) is 5.75 Å². The van der Waals surface area contributed by atoms with Gasteiger partial charge in [-0.3, -0.25) is 0 Å². The van der Waals surface area contributed by atoms with Gasteiger partial charge in [-0.15, -0.1) is 0 Å². The zero-order valence-electron chi connectivity index (χ0n) is 13.8. The lowest BCUT2D eigenvalue weighted by molar-refractivity contribution is 0.416. The molecule has 2 aromatic heterocycles. The summed E-state index contributed by atoms with van der Waals surface area (Å²) in [6, 6.07) is 17.2.